The molecule has 5 heterocycles. The number of aliphatic hydroxyl groups is 1. The molecule has 5 rings (SSSR count). The predicted octanol–water partition coefficient (Wildman–Crippen LogP) is 8.20. The van der Waals surface area contributed by atoms with Gasteiger partial charge in [0.25, 0.3) is 5.91 Å². The third-order valence-electron chi connectivity index (χ3n) is 9.53. The number of rotatable bonds is 10. The maximum Gasteiger partial charge on any atom is 0.257 e. The van der Waals surface area contributed by atoms with Crippen molar-refractivity contribution in [1.29, 1.82) is 0 Å². The van der Waals surface area contributed by atoms with Gasteiger partial charge >= 0.3 is 0 Å². The number of aromatic nitrogens is 4. The van der Waals surface area contributed by atoms with Gasteiger partial charge in [0.15, 0.2) is 0 Å². The first-order valence-electron chi connectivity index (χ1n) is 17.0. The van der Waals surface area contributed by atoms with Gasteiger partial charge in [-0.2, -0.15) is 0 Å². The average molecular weight is 608 g/mol. The van der Waals surface area contributed by atoms with E-state index in [1.54, 1.807) is 0 Å². The van der Waals surface area contributed by atoms with Gasteiger partial charge in [-0.3, -0.25) is 4.79 Å². The average Bonchev–Trinajstić information content (AvgIpc) is 3.84. The monoisotopic (exact) mass is 607 g/mol. The van der Waals surface area contributed by atoms with E-state index in [0.29, 0.717) is 12.1 Å². The van der Waals surface area contributed by atoms with E-state index in [1.807, 2.05) is 0 Å². The van der Waals surface area contributed by atoms with Crippen LogP contribution in [0.4, 0.5) is 0 Å². The Morgan fingerprint density at radius 3 is 1.76 bits per heavy atom. The van der Waals surface area contributed by atoms with Gasteiger partial charge in [-0.1, -0.05) is 48.5 Å². The van der Waals surface area contributed by atoms with Crippen molar-refractivity contribution >= 4 is 51.3 Å². The molecule has 8 bridgehead atoms. The van der Waals surface area contributed by atoms with E-state index in [2.05, 4.69) is 94.5 Å². The van der Waals surface area contributed by atoms with Gasteiger partial charge in [-0.25, -0.2) is 9.97 Å². The fraction of sp³-hybridized carbons (Fsp3) is 0.447. The van der Waals surface area contributed by atoms with Crippen LogP contribution in [0.15, 0.2) is 12.1 Å². The minimum Gasteiger partial charge on any atom is -0.376 e. The van der Waals surface area contributed by atoms with Crippen LogP contribution in [0.3, 0.4) is 0 Å². The maximum absolute atomic E-state index is 14.2. The van der Waals surface area contributed by atoms with Crippen LogP contribution in [0.25, 0.3) is 45.4 Å². The Morgan fingerprint density at radius 2 is 1.22 bits per heavy atom. The molecule has 0 unspecified atom stereocenters. The van der Waals surface area contributed by atoms with Gasteiger partial charge in [0.2, 0.25) is 0 Å². The summed E-state index contributed by atoms with van der Waals surface area (Å²) < 4.78 is 2.33. The zero-order valence-corrected chi connectivity index (χ0v) is 28.4. The number of aromatic amines is 1. The molecule has 45 heavy (non-hydrogen) atoms. The molecule has 0 saturated heterocycles. The summed E-state index contributed by atoms with van der Waals surface area (Å²) in [4.78, 5) is 28.6. The summed E-state index contributed by atoms with van der Waals surface area (Å²) >= 11 is 0. The van der Waals surface area contributed by atoms with Crippen molar-refractivity contribution in [1.82, 2.24) is 24.8 Å². The minimum absolute atomic E-state index is 0.301. The molecule has 3 aromatic heterocycles. The molecule has 0 fully saturated rings. The smallest absolute Gasteiger partial charge is 0.257 e. The van der Waals surface area contributed by atoms with Crippen molar-refractivity contribution in [2.24, 2.45) is 0 Å². The Labute approximate surface area is 267 Å². The number of allylic oxidation sites excluding steroid dienone is 2. The Kier molecular flexibility index (Phi) is 9.78. The molecule has 2 aliphatic heterocycles. The largest absolute Gasteiger partial charge is 0.376 e. The lowest BCUT2D eigenvalue weighted by molar-refractivity contribution is 0.0911. The lowest BCUT2D eigenvalue weighted by Crippen LogP contribution is -2.26. The summed E-state index contributed by atoms with van der Waals surface area (Å²) in [5.41, 5.74) is 16.6. The molecular formula is C38H49N5O2. The van der Waals surface area contributed by atoms with E-state index < -0.39 is 6.73 Å². The third-order valence-corrected chi connectivity index (χ3v) is 9.53. The molecule has 0 aromatic carbocycles. The number of carbonyl (C=O) groups is 1. The molecule has 0 aliphatic carbocycles. The van der Waals surface area contributed by atoms with Crippen LogP contribution in [-0.2, 0) is 38.6 Å². The van der Waals surface area contributed by atoms with Gasteiger partial charge in [-0.15, -0.1) is 0 Å². The predicted molar refractivity (Wildman–Crippen MR) is 188 cm³/mol. The summed E-state index contributed by atoms with van der Waals surface area (Å²) in [6.07, 6.45) is 9.90. The number of fused-ring (bicyclic) bond motifs is 8. The van der Waals surface area contributed by atoms with Crippen molar-refractivity contribution in [2.45, 2.75) is 107 Å². The summed E-state index contributed by atoms with van der Waals surface area (Å²) in [5.74, 6) is -0.301. The number of hydrogen-bond donors (Lipinski definition) is 3. The second-order valence-electron chi connectivity index (χ2n) is 11.6. The normalized spacial score (nSPS) is 12.8. The van der Waals surface area contributed by atoms with Crippen LogP contribution in [0, 0.1) is 0 Å². The van der Waals surface area contributed by atoms with Crippen molar-refractivity contribution in [3.63, 3.8) is 0 Å². The number of H-pyrrole nitrogens is 1. The fourth-order valence-electron chi connectivity index (χ4n) is 7.58. The fourth-order valence-corrected chi connectivity index (χ4v) is 7.58. The van der Waals surface area contributed by atoms with Crippen molar-refractivity contribution in [3.05, 3.63) is 68.3 Å². The highest BCUT2D eigenvalue weighted by molar-refractivity contribution is 6.09. The van der Waals surface area contributed by atoms with Crippen molar-refractivity contribution < 1.29 is 9.90 Å². The molecule has 0 radical (unpaired) electrons. The first-order valence-corrected chi connectivity index (χ1v) is 17.0. The lowest BCUT2D eigenvalue weighted by Gasteiger charge is -2.13. The maximum atomic E-state index is 14.2. The van der Waals surface area contributed by atoms with Gasteiger partial charge in [0.05, 0.1) is 39.4 Å². The number of hydrogen-bond acceptors (Lipinski definition) is 4. The quantitative estimate of drug-likeness (QED) is 0.158. The SMILES string of the molecule is CCC1=C(CC)c2nc1c(CC)c1ccc([nH]1)c(CC)c1nc(c(CC)c3c(CC)c(CC)c(c2C(=O)NCO)n3CC)C=C1. The van der Waals surface area contributed by atoms with E-state index in [0.717, 1.165) is 101 Å². The number of nitrogens with one attached hydrogen (secondary N) is 2. The Balaban J connectivity index is 2.22. The minimum atomic E-state index is -0.444. The van der Waals surface area contributed by atoms with E-state index >= 15 is 0 Å². The van der Waals surface area contributed by atoms with Gasteiger partial charge in [-0.05, 0) is 98.4 Å². The summed E-state index contributed by atoms with van der Waals surface area (Å²) in [5, 5.41) is 12.7. The molecule has 0 atom stereocenters. The van der Waals surface area contributed by atoms with Gasteiger partial charge in [0, 0.05) is 34.3 Å². The van der Waals surface area contributed by atoms with Crippen LogP contribution in [0.1, 0.15) is 129 Å². The van der Waals surface area contributed by atoms with Crippen LogP contribution < -0.4 is 5.32 Å². The first kappa shape index (κ1) is 32.4. The molecule has 0 saturated carbocycles. The number of aliphatic hydroxyl groups excluding tert-OH is 1. The molecule has 2 aliphatic rings. The number of nitrogens with zero attached hydrogens (tertiary/aromatic N) is 3. The van der Waals surface area contributed by atoms with Crippen LogP contribution >= 0.6 is 0 Å². The molecule has 7 heteroatoms. The van der Waals surface area contributed by atoms with Crippen molar-refractivity contribution in [3.8, 4) is 0 Å². The summed E-state index contributed by atoms with van der Waals surface area (Å²) in [7, 11) is 0. The molecule has 3 N–H and O–H groups in total. The van der Waals surface area contributed by atoms with E-state index in [9.17, 15) is 9.90 Å². The van der Waals surface area contributed by atoms with E-state index in [4.69, 9.17) is 9.97 Å². The zero-order chi connectivity index (χ0) is 32.4. The molecule has 7 nitrogen and oxygen atoms in total. The van der Waals surface area contributed by atoms with Crippen LogP contribution in [0.5, 0.6) is 0 Å². The summed E-state index contributed by atoms with van der Waals surface area (Å²) in [6, 6.07) is 4.33. The Morgan fingerprint density at radius 1 is 0.689 bits per heavy atom. The van der Waals surface area contributed by atoms with Gasteiger partial charge in [0.1, 0.15) is 6.73 Å². The molecular weight excluding hydrogens is 558 g/mol. The molecule has 238 valence electrons. The van der Waals surface area contributed by atoms with Gasteiger partial charge < -0.3 is 20.0 Å². The van der Waals surface area contributed by atoms with E-state index in [1.165, 1.54) is 27.8 Å². The van der Waals surface area contributed by atoms with E-state index in [-0.39, 0.29) is 5.91 Å². The molecule has 0 spiro atoms. The second kappa shape index (κ2) is 13.6. The van der Waals surface area contributed by atoms with Crippen LogP contribution in [0.2, 0.25) is 0 Å². The summed E-state index contributed by atoms with van der Waals surface area (Å²) in [6.45, 7) is 17.7. The topological polar surface area (TPSA) is 95.8 Å². The third kappa shape index (κ3) is 5.25. The second-order valence-corrected chi connectivity index (χ2v) is 11.6. The standard InChI is InChI=1S/C38H49N5O2/c1-9-22-23(10-2)35-33(38(45)39-21-44)37-25(12-4)24(11-3)36(43(37)16-8)28(15-7)32-20-18-30(41-32)26(13-5)29-17-19-31(40-29)27(14-6)34(22)42-35/h17-20,40,44H,9-16,21H2,1-8H3,(H,39,45). The number of carbonyl (C=O) groups excluding carboxylic acids is 1. The molecule has 3 aromatic rings. The number of aryl methyl sites for hydroxylation is 6. The lowest BCUT2D eigenvalue weighted by atomic mass is 9.94. The highest BCUT2D eigenvalue weighted by Gasteiger charge is 2.30. The first-order chi connectivity index (χ1) is 21.9. The highest BCUT2D eigenvalue weighted by Crippen LogP contribution is 2.41. The Hall–Kier alpha value is -3.97. The number of amides is 1. The van der Waals surface area contributed by atoms with Crippen LogP contribution in [-0.4, -0.2) is 37.3 Å². The Bertz CT molecular complexity index is 1870. The van der Waals surface area contributed by atoms with Crippen molar-refractivity contribution in [2.75, 3.05) is 6.73 Å². The highest BCUT2D eigenvalue weighted by atomic mass is 16.3. The zero-order valence-electron chi connectivity index (χ0n) is 28.4. The molecule has 1 amide bonds.